The molecule has 1 aromatic heterocycles. The number of ether oxygens (including phenoxy) is 1. The largest absolute Gasteiger partial charge is 0.497 e. The number of rotatable bonds is 7. The van der Waals surface area contributed by atoms with Crippen LogP contribution in [0.3, 0.4) is 0 Å². The molecule has 3 aromatic rings. The minimum atomic E-state index is 0.475. The van der Waals surface area contributed by atoms with Gasteiger partial charge in [-0.1, -0.05) is 30.3 Å². The summed E-state index contributed by atoms with van der Waals surface area (Å²) in [6.07, 6.45) is 3.31. The van der Waals surface area contributed by atoms with Crippen LogP contribution >= 0.6 is 0 Å². The highest BCUT2D eigenvalue weighted by Gasteiger charge is 2.09. The minimum Gasteiger partial charge on any atom is -0.497 e. The van der Waals surface area contributed by atoms with E-state index in [9.17, 15) is 0 Å². The summed E-state index contributed by atoms with van der Waals surface area (Å²) in [5.74, 6) is 0.910. The summed E-state index contributed by atoms with van der Waals surface area (Å²) in [6.45, 7) is 6.32. The number of benzene rings is 2. The first-order valence-corrected chi connectivity index (χ1v) is 8.61. The summed E-state index contributed by atoms with van der Waals surface area (Å²) in [4.78, 5) is 0. The van der Waals surface area contributed by atoms with Crippen molar-refractivity contribution in [2.45, 2.75) is 32.9 Å². The molecule has 0 saturated heterocycles. The second-order valence-electron chi connectivity index (χ2n) is 6.45. The highest BCUT2D eigenvalue weighted by Crippen LogP contribution is 2.24. The quantitative estimate of drug-likeness (QED) is 0.645. The van der Waals surface area contributed by atoms with E-state index in [0.717, 1.165) is 25.3 Å². The highest BCUT2D eigenvalue weighted by atomic mass is 16.5. The average molecular weight is 322 g/mol. The molecule has 3 rings (SSSR count). The monoisotopic (exact) mass is 322 g/mol. The standard InChI is InChI=1S/C21H26N2O/c1-16(2)23-15-18(20-6-4-5-7-21(20)23)14-22-13-12-17-8-10-19(24-3)11-9-17/h4-11,15-16,22H,12-14H2,1-3H3. The number of nitrogens with zero attached hydrogens (tertiary/aromatic N) is 1. The summed E-state index contributed by atoms with van der Waals surface area (Å²) in [5, 5.41) is 4.93. The van der Waals surface area contributed by atoms with E-state index in [4.69, 9.17) is 4.74 Å². The number of fused-ring (bicyclic) bond motifs is 1. The Kier molecular flexibility index (Phi) is 5.21. The van der Waals surface area contributed by atoms with Crippen molar-refractivity contribution in [3.63, 3.8) is 0 Å². The molecule has 0 aliphatic carbocycles. The van der Waals surface area contributed by atoms with E-state index in [2.05, 4.69) is 66.3 Å². The fourth-order valence-electron chi connectivity index (χ4n) is 3.09. The molecule has 0 radical (unpaired) electrons. The van der Waals surface area contributed by atoms with E-state index < -0.39 is 0 Å². The van der Waals surface area contributed by atoms with E-state index in [0.29, 0.717) is 6.04 Å². The number of hydrogen-bond donors (Lipinski definition) is 1. The van der Waals surface area contributed by atoms with Crippen LogP contribution < -0.4 is 10.1 Å². The second-order valence-corrected chi connectivity index (χ2v) is 6.45. The Hall–Kier alpha value is -2.26. The first kappa shape index (κ1) is 16.6. The van der Waals surface area contributed by atoms with Crippen molar-refractivity contribution in [3.05, 3.63) is 65.9 Å². The van der Waals surface area contributed by atoms with E-state index in [1.54, 1.807) is 7.11 Å². The number of methoxy groups -OCH3 is 1. The van der Waals surface area contributed by atoms with Crippen molar-refractivity contribution < 1.29 is 4.74 Å². The van der Waals surface area contributed by atoms with Gasteiger partial charge in [-0.2, -0.15) is 0 Å². The fourth-order valence-corrected chi connectivity index (χ4v) is 3.09. The molecule has 1 heterocycles. The molecule has 0 bridgehead atoms. The Bertz CT molecular complexity index is 787. The number of hydrogen-bond acceptors (Lipinski definition) is 2. The van der Waals surface area contributed by atoms with E-state index in [-0.39, 0.29) is 0 Å². The van der Waals surface area contributed by atoms with Crippen LogP contribution in [0, 0.1) is 0 Å². The molecule has 3 nitrogen and oxygen atoms in total. The van der Waals surface area contributed by atoms with E-state index in [1.807, 2.05) is 12.1 Å². The number of para-hydroxylation sites is 1. The van der Waals surface area contributed by atoms with Crippen molar-refractivity contribution >= 4 is 10.9 Å². The van der Waals surface area contributed by atoms with Gasteiger partial charge in [-0.25, -0.2) is 0 Å². The zero-order chi connectivity index (χ0) is 16.9. The van der Waals surface area contributed by atoms with Crippen LogP contribution in [0.15, 0.2) is 54.7 Å². The highest BCUT2D eigenvalue weighted by molar-refractivity contribution is 5.84. The number of nitrogens with one attached hydrogen (secondary N) is 1. The van der Waals surface area contributed by atoms with Crippen molar-refractivity contribution in [1.82, 2.24) is 9.88 Å². The van der Waals surface area contributed by atoms with Crippen molar-refractivity contribution in [3.8, 4) is 5.75 Å². The zero-order valence-corrected chi connectivity index (χ0v) is 14.8. The van der Waals surface area contributed by atoms with Gasteiger partial charge in [-0.3, -0.25) is 0 Å². The predicted molar refractivity (Wildman–Crippen MR) is 101 cm³/mol. The molecule has 0 saturated carbocycles. The SMILES string of the molecule is COc1ccc(CCNCc2cn(C(C)C)c3ccccc23)cc1. The van der Waals surface area contributed by atoms with Gasteiger partial charge in [0, 0.05) is 29.7 Å². The third-order valence-electron chi connectivity index (χ3n) is 4.44. The van der Waals surface area contributed by atoms with E-state index in [1.165, 1.54) is 22.0 Å². The Morgan fingerprint density at radius 3 is 2.50 bits per heavy atom. The third-order valence-corrected chi connectivity index (χ3v) is 4.44. The van der Waals surface area contributed by atoms with Gasteiger partial charge in [0.05, 0.1) is 7.11 Å². The summed E-state index contributed by atoms with van der Waals surface area (Å²) < 4.78 is 7.55. The molecular weight excluding hydrogens is 296 g/mol. The van der Waals surface area contributed by atoms with Gasteiger partial charge in [0.2, 0.25) is 0 Å². The van der Waals surface area contributed by atoms with Crippen molar-refractivity contribution in [2.75, 3.05) is 13.7 Å². The zero-order valence-electron chi connectivity index (χ0n) is 14.8. The molecule has 0 amide bonds. The van der Waals surface area contributed by atoms with Gasteiger partial charge in [-0.15, -0.1) is 0 Å². The van der Waals surface area contributed by atoms with Crippen LogP contribution in [0.25, 0.3) is 10.9 Å². The molecule has 24 heavy (non-hydrogen) atoms. The Labute approximate surface area is 144 Å². The molecule has 3 heteroatoms. The fraction of sp³-hybridized carbons (Fsp3) is 0.333. The first-order chi connectivity index (χ1) is 11.7. The normalized spacial score (nSPS) is 11.3. The molecule has 2 aromatic carbocycles. The van der Waals surface area contributed by atoms with Gasteiger partial charge in [0.1, 0.15) is 5.75 Å². The van der Waals surface area contributed by atoms with Crippen LogP contribution in [0.2, 0.25) is 0 Å². The molecule has 0 aliphatic heterocycles. The Balaban J connectivity index is 1.61. The maximum absolute atomic E-state index is 5.20. The lowest BCUT2D eigenvalue weighted by molar-refractivity contribution is 0.414. The van der Waals surface area contributed by atoms with Gasteiger partial charge in [-0.05, 0) is 56.1 Å². The molecule has 1 N–H and O–H groups in total. The van der Waals surface area contributed by atoms with Crippen molar-refractivity contribution in [1.29, 1.82) is 0 Å². The van der Waals surface area contributed by atoms with Gasteiger partial charge < -0.3 is 14.6 Å². The minimum absolute atomic E-state index is 0.475. The van der Waals surface area contributed by atoms with Gasteiger partial charge in [0.15, 0.2) is 0 Å². The van der Waals surface area contributed by atoms with Gasteiger partial charge >= 0.3 is 0 Å². The molecular formula is C21H26N2O. The maximum atomic E-state index is 5.20. The lowest BCUT2D eigenvalue weighted by Gasteiger charge is -2.08. The van der Waals surface area contributed by atoms with Gasteiger partial charge in [0.25, 0.3) is 0 Å². The van der Waals surface area contributed by atoms with Crippen LogP contribution in [0.5, 0.6) is 5.75 Å². The van der Waals surface area contributed by atoms with E-state index >= 15 is 0 Å². The van der Waals surface area contributed by atoms with Crippen LogP contribution in [0.1, 0.15) is 31.0 Å². The molecule has 0 aliphatic rings. The molecule has 0 unspecified atom stereocenters. The summed E-state index contributed by atoms with van der Waals surface area (Å²) in [6, 6.07) is 17.4. The molecule has 0 atom stereocenters. The average Bonchev–Trinajstić information content (AvgIpc) is 2.98. The predicted octanol–water partition coefficient (Wildman–Crippen LogP) is 4.56. The van der Waals surface area contributed by atoms with Crippen molar-refractivity contribution in [2.24, 2.45) is 0 Å². The second kappa shape index (κ2) is 7.54. The lowest BCUT2D eigenvalue weighted by atomic mass is 10.1. The van der Waals surface area contributed by atoms with Crippen LogP contribution in [0.4, 0.5) is 0 Å². The maximum Gasteiger partial charge on any atom is 0.118 e. The van der Waals surface area contributed by atoms with Crippen LogP contribution in [-0.2, 0) is 13.0 Å². The molecule has 126 valence electrons. The third kappa shape index (κ3) is 3.62. The lowest BCUT2D eigenvalue weighted by Crippen LogP contribution is -2.16. The molecule has 0 spiro atoms. The summed E-state index contributed by atoms with van der Waals surface area (Å²) in [5.41, 5.74) is 4.02. The summed E-state index contributed by atoms with van der Waals surface area (Å²) in [7, 11) is 1.70. The summed E-state index contributed by atoms with van der Waals surface area (Å²) >= 11 is 0. The smallest absolute Gasteiger partial charge is 0.118 e. The first-order valence-electron chi connectivity index (χ1n) is 8.61. The molecule has 0 fully saturated rings. The van der Waals surface area contributed by atoms with Crippen LogP contribution in [-0.4, -0.2) is 18.2 Å². The Morgan fingerprint density at radius 2 is 1.79 bits per heavy atom. The Morgan fingerprint density at radius 1 is 1.04 bits per heavy atom. The topological polar surface area (TPSA) is 26.2 Å². The number of aromatic nitrogens is 1.